The average molecular weight is 174 g/mol. The number of aliphatic carboxylic acids is 1. The lowest BCUT2D eigenvalue weighted by Gasteiger charge is -2.07. The Morgan fingerprint density at radius 2 is 2.33 bits per heavy atom. The molecule has 0 aliphatic heterocycles. The molecule has 12 heavy (non-hydrogen) atoms. The molecule has 0 aromatic carbocycles. The summed E-state index contributed by atoms with van der Waals surface area (Å²) in [5, 5.41) is 8.40. The summed E-state index contributed by atoms with van der Waals surface area (Å²) in [4.78, 5) is 10.2. The van der Waals surface area contributed by atoms with Crippen molar-refractivity contribution in [1.29, 1.82) is 0 Å². The van der Waals surface area contributed by atoms with E-state index in [1.807, 2.05) is 0 Å². The molecule has 0 aliphatic carbocycles. The van der Waals surface area contributed by atoms with Gasteiger partial charge in [0.05, 0.1) is 19.8 Å². The summed E-state index contributed by atoms with van der Waals surface area (Å²) in [7, 11) is 0. The minimum atomic E-state index is -0.960. The van der Waals surface area contributed by atoms with Crippen molar-refractivity contribution in [2.45, 2.75) is 13.0 Å². The molecule has 0 aromatic rings. The van der Waals surface area contributed by atoms with Gasteiger partial charge in [-0.2, -0.15) is 0 Å². The van der Waals surface area contributed by atoms with Crippen LogP contribution in [-0.2, 0) is 14.3 Å². The molecular weight excluding hydrogens is 160 g/mol. The second kappa shape index (κ2) is 6.82. The van der Waals surface area contributed by atoms with Crippen LogP contribution in [0.4, 0.5) is 0 Å². The number of rotatable bonds is 7. The molecule has 0 fully saturated rings. The van der Waals surface area contributed by atoms with Crippen molar-refractivity contribution in [3.63, 3.8) is 0 Å². The van der Waals surface area contributed by atoms with E-state index in [1.165, 1.54) is 6.92 Å². The minimum absolute atomic E-state index is 0.293. The van der Waals surface area contributed by atoms with Gasteiger partial charge in [-0.15, -0.1) is 6.58 Å². The van der Waals surface area contributed by atoms with Gasteiger partial charge in [-0.25, -0.2) is 4.79 Å². The first kappa shape index (κ1) is 11.1. The molecule has 0 radical (unpaired) electrons. The topological polar surface area (TPSA) is 55.8 Å². The number of carboxylic acid groups (broad SMARTS) is 1. The average Bonchev–Trinajstić information content (AvgIpc) is 2.03. The van der Waals surface area contributed by atoms with Gasteiger partial charge in [-0.1, -0.05) is 6.08 Å². The molecular formula is C8H14O4. The van der Waals surface area contributed by atoms with Gasteiger partial charge < -0.3 is 14.6 Å². The molecule has 4 heteroatoms. The van der Waals surface area contributed by atoms with Crippen LogP contribution in [-0.4, -0.2) is 37.0 Å². The van der Waals surface area contributed by atoms with Crippen LogP contribution >= 0.6 is 0 Å². The Labute approximate surface area is 71.8 Å². The lowest BCUT2D eigenvalue weighted by atomic mass is 10.4. The highest BCUT2D eigenvalue weighted by Gasteiger charge is 2.09. The maximum Gasteiger partial charge on any atom is 0.332 e. The first-order valence-electron chi connectivity index (χ1n) is 3.71. The molecule has 1 atom stereocenters. The van der Waals surface area contributed by atoms with Crippen LogP contribution in [0.5, 0.6) is 0 Å². The highest BCUT2D eigenvalue weighted by atomic mass is 16.5. The molecule has 0 saturated carbocycles. The Balaban J connectivity index is 3.19. The molecule has 1 N–H and O–H groups in total. The van der Waals surface area contributed by atoms with Crippen LogP contribution in [0.1, 0.15) is 6.92 Å². The van der Waals surface area contributed by atoms with Gasteiger partial charge in [0.15, 0.2) is 6.10 Å². The van der Waals surface area contributed by atoms with Crippen molar-refractivity contribution in [2.24, 2.45) is 0 Å². The van der Waals surface area contributed by atoms with Crippen molar-refractivity contribution in [3.05, 3.63) is 12.7 Å². The highest BCUT2D eigenvalue weighted by Crippen LogP contribution is 1.89. The Morgan fingerprint density at radius 3 is 2.83 bits per heavy atom. The number of carboxylic acids is 1. The quantitative estimate of drug-likeness (QED) is 0.455. The van der Waals surface area contributed by atoms with E-state index in [0.29, 0.717) is 19.8 Å². The van der Waals surface area contributed by atoms with Crippen LogP contribution in [0.3, 0.4) is 0 Å². The molecule has 1 unspecified atom stereocenters. The van der Waals surface area contributed by atoms with Gasteiger partial charge in [0.1, 0.15) is 0 Å². The van der Waals surface area contributed by atoms with E-state index in [0.717, 1.165) is 0 Å². The monoisotopic (exact) mass is 174 g/mol. The third-order valence-corrected chi connectivity index (χ3v) is 1.18. The first-order chi connectivity index (χ1) is 5.68. The molecule has 70 valence electrons. The predicted molar refractivity (Wildman–Crippen MR) is 44.1 cm³/mol. The Bertz CT molecular complexity index is 144. The number of hydrogen-bond donors (Lipinski definition) is 1. The predicted octanol–water partition coefficient (Wildman–Crippen LogP) is 0.679. The van der Waals surface area contributed by atoms with Gasteiger partial charge in [0.2, 0.25) is 0 Å². The number of ether oxygens (including phenoxy) is 2. The Hall–Kier alpha value is -0.870. The minimum Gasteiger partial charge on any atom is -0.479 e. The molecule has 4 nitrogen and oxygen atoms in total. The molecule has 0 rings (SSSR count). The fourth-order valence-corrected chi connectivity index (χ4v) is 0.522. The summed E-state index contributed by atoms with van der Waals surface area (Å²) in [6.07, 6.45) is 0.859. The van der Waals surface area contributed by atoms with E-state index in [1.54, 1.807) is 6.08 Å². The smallest absolute Gasteiger partial charge is 0.332 e. The molecule has 0 aliphatic rings. The third kappa shape index (κ3) is 5.88. The fraction of sp³-hybridized carbons (Fsp3) is 0.625. The number of carbonyl (C=O) groups is 1. The zero-order valence-electron chi connectivity index (χ0n) is 7.16. The normalized spacial score (nSPS) is 12.4. The standard InChI is InChI=1S/C8H14O4/c1-3-4-11-5-6-12-7(2)8(9)10/h3,7H,1,4-6H2,2H3,(H,9,10). The molecule has 0 saturated heterocycles. The SMILES string of the molecule is C=CCOCCOC(C)C(=O)O. The van der Waals surface area contributed by atoms with Crippen molar-refractivity contribution in [1.82, 2.24) is 0 Å². The van der Waals surface area contributed by atoms with E-state index in [-0.39, 0.29) is 0 Å². The molecule has 0 bridgehead atoms. The highest BCUT2D eigenvalue weighted by molar-refractivity contribution is 5.71. The lowest BCUT2D eigenvalue weighted by molar-refractivity contribution is -0.149. The van der Waals surface area contributed by atoms with E-state index >= 15 is 0 Å². The summed E-state index contributed by atoms with van der Waals surface area (Å²) in [6, 6.07) is 0. The van der Waals surface area contributed by atoms with E-state index in [2.05, 4.69) is 6.58 Å². The fourth-order valence-electron chi connectivity index (χ4n) is 0.522. The largest absolute Gasteiger partial charge is 0.479 e. The number of hydrogen-bond acceptors (Lipinski definition) is 3. The first-order valence-corrected chi connectivity index (χ1v) is 3.71. The van der Waals surface area contributed by atoms with Gasteiger partial charge in [0.25, 0.3) is 0 Å². The van der Waals surface area contributed by atoms with Gasteiger partial charge >= 0.3 is 5.97 Å². The second-order valence-corrected chi connectivity index (χ2v) is 2.21. The summed E-state index contributed by atoms with van der Waals surface area (Å²) < 4.78 is 9.87. The van der Waals surface area contributed by atoms with Crippen LogP contribution in [0.15, 0.2) is 12.7 Å². The molecule has 0 heterocycles. The Kier molecular flexibility index (Phi) is 6.32. The maximum atomic E-state index is 10.2. The molecule has 0 aromatic heterocycles. The van der Waals surface area contributed by atoms with Crippen molar-refractivity contribution in [3.8, 4) is 0 Å². The third-order valence-electron chi connectivity index (χ3n) is 1.18. The van der Waals surface area contributed by atoms with Crippen LogP contribution in [0.25, 0.3) is 0 Å². The van der Waals surface area contributed by atoms with Gasteiger partial charge in [-0.3, -0.25) is 0 Å². The second-order valence-electron chi connectivity index (χ2n) is 2.21. The van der Waals surface area contributed by atoms with Crippen LogP contribution < -0.4 is 0 Å². The van der Waals surface area contributed by atoms with Crippen molar-refractivity contribution < 1.29 is 19.4 Å². The van der Waals surface area contributed by atoms with Crippen LogP contribution in [0.2, 0.25) is 0 Å². The zero-order valence-corrected chi connectivity index (χ0v) is 7.16. The summed E-state index contributed by atoms with van der Waals surface area (Å²) >= 11 is 0. The summed E-state index contributed by atoms with van der Waals surface area (Å²) in [5.41, 5.74) is 0. The maximum absolute atomic E-state index is 10.2. The van der Waals surface area contributed by atoms with E-state index < -0.39 is 12.1 Å². The zero-order chi connectivity index (χ0) is 9.40. The van der Waals surface area contributed by atoms with Crippen molar-refractivity contribution >= 4 is 5.97 Å². The van der Waals surface area contributed by atoms with Gasteiger partial charge in [0, 0.05) is 0 Å². The van der Waals surface area contributed by atoms with E-state index in [9.17, 15) is 4.79 Å². The summed E-state index contributed by atoms with van der Waals surface area (Å²) in [5.74, 6) is -0.960. The van der Waals surface area contributed by atoms with Crippen molar-refractivity contribution in [2.75, 3.05) is 19.8 Å². The summed E-state index contributed by atoms with van der Waals surface area (Å²) in [6.45, 7) is 6.09. The van der Waals surface area contributed by atoms with Gasteiger partial charge in [-0.05, 0) is 6.92 Å². The molecule has 0 amide bonds. The molecule has 0 spiro atoms. The Morgan fingerprint density at radius 1 is 1.67 bits per heavy atom. The van der Waals surface area contributed by atoms with E-state index in [4.69, 9.17) is 14.6 Å². The lowest BCUT2D eigenvalue weighted by Crippen LogP contribution is -2.21. The van der Waals surface area contributed by atoms with Crippen LogP contribution in [0, 0.1) is 0 Å².